The number of nitrogens with zero attached hydrogens (tertiary/aromatic N) is 1. The number of carbonyl (C=O) groups excluding carboxylic acids is 2. The van der Waals surface area contributed by atoms with E-state index in [1.807, 2.05) is 0 Å². The molecule has 0 unspecified atom stereocenters. The summed E-state index contributed by atoms with van der Waals surface area (Å²) in [4.78, 5) is 26.0. The molecule has 3 rings (SSSR count). The summed E-state index contributed by atoms with van der Waals surface area (Å²) in [5.41, 5.74) is 0.761. The van der Waals surface area contributed by atoms with Crippen LogP contribution in [0.4, 0.5) is 4.79 Å². The van der Waals surface area contributed by atoms with E-state index in [0.29, 0.717) is 36.0 Å². The van der Waals surface area contributed by atoms with Crippen LogP contribution in [0.5, 0.6) is 11.5 Å². The third-order valence-corrected chi connectivity index (χ3v) is 4.98. The lowest BCUT2D eigenvalue weighted by atomic mass is 10.2. The Morgan fingerprint density at radius 3 is 2.83 bits per heavy atom. The molecule has 0 aromatic heterocycles. The van der Waals surface area contributed by atoms with Gasteiger partial charge in [0.25, 0.3) is 11.1 Å². The molecular weight excluding hydrogens is 386 g/mol. The second-order valence-corrected chi connectivity index (χ2v) is 6.75. The Labute approximate surface area is 145 Å². The first-order chi connectivity index (χ1) is 11.1. The third kappa shape index (κ3) is 3.39. The third-order valence-electron chi connectivity index (χ3n) is 3.38. The Balaban J connectivity index is 1.81. The number of fused-ring (bicyclic) bond motifs is 1. The van der Waals surface area contributed by atoms with Crippen LogP contribution < -0.4 is 9.47 Å². The lowest BCUT2D eigenvalue weighted by molar-refractivity contribution is -0.122. The summed E-state index contributed by atoms with van der Waals surface area (Å²) >= 11 is 4.38. The fourth-order valence-corrected chi connectivity index (χ4v) is 3.54. The van der Waals surface area contributed by atoms with Crippen LogP contribution in [0.25, 0.3) is 6.08 Å². The van der Waals surface area contributed by atoms with Crippen LogP contribution in [0, 0.1) is 0 Å². The number of imide groups is 1. The first-order valence-corrected chi connectivity index (χ1v) is 8.54. The fraction of sp³-hybridized carbons (Fsp3) is 0.333. The molecule has 1 aromatic carbocycles. The molecule has 0 bridgehead atoms. The summed E-state index contributed by atoms with van der Waals surface area (Å²) in [6, 6.07) is 3.57. The van der Waals surface area contributed by atoms with Gasteiger partial charge in [-0.25, -0.2) is 0 Å². The highest BCUT2D eigenvalue weighted by Gasteiger charge is 2.34. The molecule has 23 heavy (non-hydrogen) atoms. The predicted octanol–water partition coefficient (Wildman–Crippen LogP) is 3.25. The lowest BCUT2D eigenvalue weighted by Gasteiger charge is -2.11. The van der Waals surface area contributed by atoms with Crippen molar-refractivity contribution >= 4 is 44.9 Å². The molecule has 2 aliphatic rings. The molecule has 0 atom stereocenters. The van der Waals surface area contributed by atoms with Gasteiger partial charge in [0.1, 0.15) is 0 Å². The molecule has 122 valence electrons. The summed E-state index contributed by atoms with van der Waals surface area (Å²) in [6.07, 6.45) is 2.31. The Kier molecular flexibility index (Phi) is 4.93. The van der Waals surface area contributed by atoms with Gasteiger partial charge in [0.2, 0.25) is 6.79 Å². The zero-order chi connectivity index (χ0) is 16.4. The molecule has 2 amide bonds. The molecular formula is C15H14BrNO5S. The first-order valence-electron chi connectivity index (χ1n) is 6.93. The average Bonchev–Trinajstić information content (AvgIpc) is 3.07. The number of methoxy groups -OCH3 is 1. The first kappa shape index (κ1) is 16.4. The molecule has 1 aromatic rings. The van der Waals surface area contributed by atoms with Crippen molar-refractivity contribution in [2.45, 2.75) is 6.42 Å². The minimum atomic E-state index is -0.277. The van der Waals surface area contributed by atoms with Crippen molar-refractivity contribution in [1.82, 2.24) is 4.90 Å². The largest absolute Gasteiger partial charge is 0.454 e. The van der Waals surface area contributed by atoms with E-state index in [1.165, 1.54) is 4.90 Å². The molecule has 1 fully saturated rings. The predicted molar refractivity (Wildman–Crippen MR) is 89.4 cm³/mol. The van der Waals surface area contributed by atoms with Gasteiger partial charge in [-0.2, -0.15) is 0 Å². The summed E-state index contributed by atoms with van der Waals surface area (Å²) in [5, 5.41) is -0.255. The van der Waals surface area contributed by atoms with Gasteiger partial charge in [0.15, 0.2) is 11.5 Å². The molecule has 6 nitrogen and oxygen atoms in total. The van der Waals surface area contributed by atoms with E-state index in [0.717, 1.165) is 21.8 Å². The average molecular weight is 400 g/mol. The van der Waals surface area contributed by atoms with E-state index in [-0.39, 0.29) is 17.9 Å². The van der Waals surface area contributed by atoms with Crippen molar-refractivity contribution in [3.05, 3.63) is 27.1 Å². The van der Waals surface area contributed by atoms with Crippen molar-refractivity contribution in [1.29, 1.82) is 0 Å². The molecule has 0 spiro atoms. The van der Waals surface area contributed by atoms with E-state index in [4.69, 9.17) is 14.2 Å². The Morgan fingerprint density at radius 2 is 2.09 bits per heavy atom. The number of hydrogen-bond acceptors (Lipinski definition) is 6. The van der Waals surface area contributed by atoms with Gasteiger partial charge in [-0.1, -0.05) is 15.9 Å². The van der Waals surface area contributed by atoms with Crippen LogP contribution in [-0.2, 0) is 9.53 Å². The topological polar surface area (TPSA) is 65.1 Å². The van der Waals surface area contributed by atoms with Crippen LogP contribution in [0.15, 0.2) is 21.5 Å². The summed E-state index contributed by atoms with van der Waals surface area (Å²) in [6.45, 7) is 1.05. The molecule has 2 heterocycles. The van der Waals surface area contributed by atoms with E-state index in [2.05, 4.69) is 15.9 Å². The van der Waals surface area contributed by atoms with Crippen molar-refractivity contribution in [3.63, 3.8) is 0 Å². The van der Waals surface area contributed by atoms with Crippen LogP contribution in [-0.4, -0.2) is 43.1 Å². The lowest BCUT2D eigenvalue weighted by Crippen LogP contribution is -2.29. The second kappa shape index (κ2) is 6.94. The Bertz CT molecular complexity index is 691. The van der Waals surface area contributed by atoms with Gasteiger partial charge < -0.3 is 14.2 Å². The number of carbonyl (C=O) groups is 2. The SMILES string of the molecule is COCCCN1C(=O)S/C(=C\c2cc3c(cc2Br)OCO3)C1=O. The number of benzene rings is 1. The molecule has 2 aliphatic heterocycles. The van der Waals surface area contributed by atoms with Crippen LogP contribution >= 0.6 is 27.7 Å². The van der Waals surface area contributed by atoms with Crippen molar-refractivity contribution in [3.8, 4) is 11.5 Å². The summed E-state index contributed by atoms with van der Waals surface area (Å²) in [5.74, 6) is 1.00. The second-order valence-electron chi connectivity index (χ2n) is 4.91. The maximum Gasteiger partial charge on any atom is 0.293 e. The van der Waals surface area contributed by atoms with Gasteiger partial charge in [0, 0.05) is 24.7 Å². The minimum absolute atomic E-state index is 0.182. The van der Waals surface area contributed by atoms with E-state index >= 15 is 0 Å². The van der Waals surface area contributed by atoms with Gasteiger partial charge in [-0.15, -0.1) is 0 Å². The van der Waals surface area contributed by atoms with Crippen molar-refractivity contribution in [2.24, 2.45) is 0 Å². The Hall–Kier alpha value is -1.51. The molecule has 0 saturated carbocycles. The van der Waals surface area contributed by atoms with E-state index in [1.54, 1.807) is 25.3 Å². The quantitative estimate of drug-likeness (QED) is 0.559. The highest BCUT2D eigenvalue weighted by molar-refractivity contribution is 9.10. The van der Waals surface area contributed by atoms with Crippen molar-refractivity contribution in [2.75, 3.05) is 27.1 Å². The number of halogens is 1. The molecule has 0 aliphatic carbocycles. The van der Waals surface area contributed by atoms with Gasteiger partial charge >= 0.3 is 0 Å². The zero-order valence-electron chi connectivity index (χ0n) is 12.3. The van der Waals surface area contributed by atoms with Crippen LogP contribution in [0.1, 0.15) is 12.0 Å². The van der Waals surface area contributed by atoms with Gasteiger partial charge in [-0.05, 0) is 42.0 Å². The normalized spacial score (nSPS) is 18.3. The highest BCUT2D eigenvalue weighted by Crippen LogP contribution is 2.39. The molecule has 0 N–H and O–H groups in total. The van der Waals surface area contributed by atoms with E-state index in [9.17, 15) is 9.59 Å². The van der Waals surface area contributed by atoms with E-state index < -0.39 is 0 Å². The number of hydrogen-bond donors (Lipinski definition) is 0. The van der Waals surface area contributed by atoms with Gasteiger partial charge in [-0.3, -0.25) is 14.5 Å². The van der Waals surface area contributed by atoms with Crippen LogP contribution in [0.2, 0.25) is 0 Å². The summed E-state index contributed by atoms with van der Waals surface area (Å²) < 4.78 is 16.4. The zero-order valence-corrected chi connectivity index (χ0v) is 14.7. The van der Waals surface area contributed by atoms with Crippen LogP contribution in [0.3, 0.4) is 0 Å². The Morgan fingerprint density at radius 1 is 1.35 bits per heavy atom. The smallest absolute Gasteiger partial charge is 0.293 e. The minimum Gasteiger partial charge on any atom is -0.454 e. The molecule has 8 heteroatoms. The fourth-order valence-electron chi connectivity index (χ4n) is 2.24. The number of ether oxygens (including phenoxy) is 3. The highest BCUT2D eigenvalue weighted by atomic mass is 79.9. The standard InChI is InChI=1S/C15H14BrNO5S/c1-20-4-2-3-17-14(18)13(23-15(17)19)6-9-5-11-12(7-10(9)16)22-8-21-11/h5-7H,2-4,8H2,1H3/b13-6-. The number of thioether (sulfide) groups is 1. The molecule has 1 saturated heterocycles. The number of amides is 2. The van der Waals surface area contributed by atoms with Crippen molar-refractivity contribution < 1.29 is 23.8 Å². The molecule has 0 radical (unpaired) electrons. The monoisotopic (exact) mass is 399 g/mol. The maximum absolute atomic E-state index is 12.4. The number of rotatable bonds is 5. The van der Waals surface area contributed by atoms with Gasteiger partial charge in [0.05, 0.1) is 4.91 Å². The maximum atomic E-state index is 12.4. The summed E-state index contributed by atoms with van der Waals surface area (Å²) in [7, 11) is 1.59.